The Balaban J connectivity index is 2.63. The maximum atomic E-state index is 14.8. The number of aliphatic carboxylic acids is 1. The van der Waals surface area contributed by atoms with Crippen molar-refractivity contribution in [2.45, 2.75) is 234 Å². The molecule has 0 saturated carbocycles. The van der Waals surface area contributed by atoms with Gasteiger partial charge in [0.2, 0.25) is 70.9 Å². The molecule has 2 heterocycles. The lowest BCUT2D eigenvalue weighted by atomic mass is 10.0. The first-order valence-electron chi connectivity index (χ1n) is 36.5. The largest absolute Gasteiger partial charge is 0.480 e. The number of amides is 12. The number of carbonyl (C=O) groups is 13. The highest BCUT2D eigenvalue weighted by Gasteiger charge is 2.42. The minimum atomic E-state index is -1.56. The van der Waals surface area contributed by atoms with Crippen LogP contribution in [0.25, 0.3) is 0 Å². The maximum absolute atomic E-state index is 14.8. The number of rotatable bonds is 53. The zero-order valence-corrected chi connectivity index (χ0v) is 62.3. The number of primary amides is 1. The molecule has 2 aliphatic rings. The number of nitrogens with one attached hydrogen (secondary N) is 9. The maximum Gasteiger partial charge on any atom is 0.326 e. The second-order valence-corrected chi connectivity index (χ2v) is 26.5. The highest BCUT2D eigenvalue weighted by atomic mass is 16.4. The van der Waals surface area contributed by atoms with Gasteiger partial charge in [0.25, 0.3) is 0 Å². The van der Waals surface area contributed by atoms with E-state index < -0.39 is 162 Å². The van der Waals surface area contributed by atoms with Crippen molar-refractivity contribution in [3.63, 3.8) is 0 Å². The fourth-order valence-corrected chi connectivity index (χ4v) is 11.7. The Morgan fingerprint density at radius 2 is 0.661 bits per heavy atom. The fourth-order valence-electron chi connectivity index (χ4n) is 11.7. The van der Waals surface area contributed by atoms with Crippen LogP contribution >= 0.6 is 0 Å². The first kappa shape index (κ1) is 94.4. The van der Waals surface area contributed by atoms with Crippen molar-refractivity contribution in [2.75, 3.05) is 58.9 Å². The van der Waals surface area contributed by atoms with E-state index in [9.17, 15) is 72.5 Å². The number of aliphatic hydroxyl groups excluding tert-OH is 1. The number of hydrogen-bond donors (Lipinski definition) is 25. The van der Waals surface area contributed by atoms with Gasteiger partial charge in [-0.3, -0.25) is 82.5 Å². The Morgan fingerprint density at radius 3 is 0.972 bits per heavy atom. The van der Waals surface area contributed by atoms with Gasteiger partial charge in [-0.05, 0) is 162 Å². The summed E-state index contributed by atoms with van der Waals surface area (Å²) in [6.45, 7) is 2.94. The Hall–Kier alpha value is -10.7. The monoisotopic (exact) mass is 1550 g/mol. The number of aliphatic imine (C=N–C) groups is 5. The van der Waals surface area contributed by atoms with Crippen LogP contribution in [0.1, 0.15) is 155 Å². The van der Waals surface area contributed by atoms with Crippen LogP contribution in [0.4, 0.5) is 0 Å². The molecule has 0 aliphatic carbocycles. The zero-order chi connectivity index (χ0) is 81.9. The van der Waals surface area contributed by atoms with E-state index in [-0.39, 0.29) is 191 Å². The van der Waals surface area contributed by atoms with E-state index in [2.05, 4.69) is 72.8 Å². The van der Waals surface area contributed by atoms with Crippen LogP contribution in [0.2, 0.25) is 0 Å². The number of nitrogens with zero attached hydrogens (tertiary/aromatic N) is 7. The first-order valence-corrected chi connectivity index (χ1v) is 36.5. The molecular weight excluding hydrogens is 1430 g/mol. The molecule has 2 fully saturated rings. The van der Waals surface area contributed by atoms with Crippen LogP contribution in [0.5, 0.6) is 0 Å². The number of guanidine groups is 5. The highest BCUT2D eigenvalue weighted by Crippen LogP contribution is 2.22. The number of carbonyl (C=O) groups excluding carboxylic acids is 12. The summed E-state index contributed by atoms with van der Waals surface area (Å²) in [4.78, 5) is 204. The van der Waals surface area contributed by atoms with Crippen molar-refractivity contribution in [2.24, 2.45) is 105 Å². The highest BCUT2D eigenvalue weighted by molar-refractivity contribution is 6.00. The molecule has 0 aromatic heterocycles. The van der Waals surface area contributed by atoms with Gasteiger partial charge < -0.3 is 148 Å². The average Bonchev–Trinajstić information content (AvgIpc) is 1.77. The quantitative estimate of drug-likeness (QED) is 0.0153. The number of unbranched alkanes of at least 4 members (excludes halogenated alkanes) is 2. The number of hydrogen-bond acceptors (Lipinski definition) is 22. The molecule has 0 spiro atoms. The van der Waals surface area contributed by atoms with E-state index in [0.29, 0.717) is 32.1 Å². The lowest BCUT2D eigenvalue weighted by Gasteiger charge is -2.30. The van der Waals surface area contributed by atoms with Crippen LogP contribution in [0, 0.1) is 0 Å². The van der Waals surface area contributed by atoms with Gasteiger partial charge in [0.1, 0.15) is 72.5 Å². The first-order chi connectivity index (χ1) is 51.5. The van der Waals surface area contributed by atoms with Crippen LogP contribution < -0.4 is 128 Å². The van der Waals surface area contributed by atoms with Crippen molar-refractivity contribution >= 4 is 107 Å². The molecule has 2 saturated heterocycles. The van der Waals surface area contributed by atoms with Crippen molar-refractivity contribution in [1.82, 2.24) is 57.7 Å². The molecule has 109 heavy (non-hydrogen) atoms. The summed E-state index contributed by atoms with van der Waals surface area (Å²) < 4.78 is 0. The minimum Gasteiger partial charge on any atom is -0.480 e. The smallest absolute Gasteiger partial charge is 0.326 e. The second kappa shape index (κ2) is 50.8. The Labute approximate surface area is 632 Å². The minimum absolute atomic E-state index is 0.0123. The normalized spacial score (nSPS) is 16.8. The summed E-state index contributed by atoms with van der Waals surface area (Å²) in [5, 5.41) is 43.5. The molecule has 0 aromatic rings. The van der Waals surface area contributed by atoms with Gasteiger partial charge in [-0.2, -0.15) is 0 Å². The number of nitrogens with two attached hydrogens (primary N) is 14. The third-order valence-electron chi connectivity index (χ3n) is 17.6. The average molecular weight is 1550 g/mol. The summed E-state index contributed by atoms with van der Waals surface area (Å²) in [6.07, 6.45) is -0.292. The van der Waals surface area contributed by atoms with Gasteiger partial charge in [0.15, 0.2) is 29.8 Å². The molecule has 0 bridgehead atoms. The molecular formula is C64H120N30O15. The summed E-state index contributed by atoms with van der Waals surface area (Å²) in [5.74, 6) is -13.2. The second-order valence-electron chi connectivity index (χ2n) is 26.5. The molecule has 0 radical (unpaired) electrons. The molecule has 39 N–H and O–H groups in total. The third-order valence-corrected chi connectivity index (χ3v) is 17.6. The van der Waals surface area contributed by atoms with Crippen LogP contribution in [0.3, 0.4) is 0 Å². The van der Waals surface area contributed by atoms with Gasteiger partial charge in [-0.25, -0.2) is 4.79 Å². The van der Waals surface area contributed by atoms with E-state index in [1.807, 2.05) is 0 Å². The van der Waals surface area contributed by atoms with Crippen molar-refractivity contribution in [1.29, 1.82) is 0 Å². The van der Waals surface area contributed by atoms with Gasteiger partial charge in [-0.1, -0.05) is 0 Å². The number of carboxylic acids is 1. The standard InChI is InChI=1S/C64H120N30O15/c1-34(84-49(98)38(16-7-27-79-60(69)70)88-55(104)42(23-24-46(67)96)91-56(105)44-21-12-32-93(44)58(107)47(68)35(2)95)48(97)85-39(17-8-28-80-61(71)72)51(100)89-41(19-10-30-82-63(75)76)53(102)90-40(18-9-29-81-62(73)74)52(101)86-36(14-3-5-25-65)50(99)87-37(15-4-6-26-66)54(103)92-43(20-11-31-83-64(77)78)57(106)94-33-13-22-45(94)59(108)109/h34-45,47,95H,3-33,65-66,68H2,1-2H3,(H2,67,96)(H,84,98)(H,85,97)(H,86,101)(H,87,99)(H,88,104)(H,89,100)(H,90,102)(H,91,105)(H,92,103)(H,108,109)(H4,69,70,79)(H4,71,72,80)(H4,73,74,81)(H4,75,76,82)(H4,77,78,83)/t34-,35+,36-,37-,38-,39-,40-,41-,42-,43-,44-,45-,47-/m0/s1. The zero-order valence-electron chi connectivity index (χ0n) is 62.3. The van der Waals surface area contributed by atoms with Crippen molar-refractivity contribution in [3.05, 3.63) is 0 Å². The molecule has 2 rings (SSSR count). The molecule has 0 unspecified atom stereocenters. The topological polar surface area (TPSA) is 803 Å². The van der Waals surface area contributed by atoms with Crippen LogP contribution in [-0.4, -0.2) is 264 Å². The molecule has 2 aliphatic heterocycles. The van der Waals surface area contributed by atoms with Gasteiger partial charge in [-0.15, -0.1) is 0 Å². The summed E-state index contributed by atoms with van der Waals surface area (Å²) >= 11 is 0. The number of aliphatic hydroxyl groups is 1. The third kappa shape index (κ3) is 36.6. The fraction of sp³-hybridized carbons (Fsp3) is 0.719. The molecule has 13 atom stereocenters. The molecule has 616 valence electrons. The lowest BCUT2D eigenvalue weighted by Crippen LogP contribution is -2.60. The summed E-state index contributed by atoms with van der Waals surface area (Å²) in [6, 6.07) is -16.9. The van der Waals surface area contributed by atoms with E-state index in [4.69, 9.17) is 80.3 Å². The van der Waals surface area contributed by atoms with E-state index in [1.165, 1.54) is 23.6 Å². The van der Waals surface area contributed by atoms with E-state index >= 15 is 0 Å². The summed E-state index contributed by atoms with van der Waals surface area (Å²) in [7, 11) is 0. The van der Waals surface area contributed by atoms with E-state index in [1.54, 1.807) is 0 Å². The molecule has 0 aromatic carbocycles. The van der Waals surface area contributed by atoms with Crippen molar-refractivity contribution < 1.29 is 72.5 Å². The predicted octanol–water partition coefficient (Wildman–Crippen LogP) is -11.1. The van der Waals surface area contributed by atoms with Crippen molar-refractivity contribution in [3.8, 4) is 0 Å². The SMILES string of the molecule is C[C@H](NC(=O)[C@H](CCCN=C(N)N)NC(=O)[C@H](CCC(N)=O)NC(=O)[C@@H]1CCCN1C(=O)[C@@H](N)[C@@H](C)O)C(=O)N[C@@H](CCCN=C(N)N)C(=O)N[C@@H](CCCN=C(N)N)C(=O)N[C@@H](CCCN=C(N)N)C(=O)N[C@@H](CCCCN)C(=O)N[C@@H](CCCCN)C(=O)N[C@@H](CCCN=C(N)N)C(=O)N1CCC[C@H]1C(=O)O. The van der Waals surface area contributed by atoms with Gasteiger partial charge in [0, 0.05) is 52.2 Å². The number of likely N-dealkylation sites (tertiary alicyclic amines) is 2. The summed E-state index contributed by atoms with van der Waals surface area (Å²) in [5.41, 5.74) is 78.7. The molecule has 45 heteroatoms. The van der Waals surface area contributed by atoms with Crippen LogP contribution in [-0.2, 0) is 62.3 Å². The van der Waals surface area contributed by atoms with Crippen LogP contribution in [0.15, 0.2) is 25.0 Å². The lowest BCUT2D eigenvalue weighted by molar-refractivity contribution is -0.149. The van der Waals surface area contributed by atoms with Gasteiger partial charge in [0.05, 0.1) is 6.10 Å². The predicted molar refractivity (Wildman–Crippen MR) is 404 cm³/mol. The Morgan fingerprint density at radius 1 is 0.376 bits per heavy atom. The number of carboxylic acid groups (broad SMARTS) is 1. The Bertz CT molecular complexity index is 3160. The van der Waals surface area contributed by atoms with E-state index in [0.717, 1.165) is 0 Å². The Kier molecular flexibility index (Phi) is 44.0. The molecule has 12 amide bonds. The van der Waals surface area contributed by atoms with Gasteiger partial charge >= 0.3 is 5.97 Å². The molecule has 45 nitrogen and oxygen atoms in total.